The van der Waals surface area contributed by atoms with Gasteiger partial charge in [-0.2, -0.15) is 0 Å². The topological polar surface area (TPSA) is 96.1 Å². The van der Waals surface area contributed by atoms with Gasteiger partial charge < -0.3 is 19.6 Å². The summed E-state index contributed by atoms with van der Waals surface area (Å²) in [6.07, 6.45) is 0. The number of nitrogens with zero attached hydrogens (tertiary/aromatic N) is 3. The van der Waals surface area contributed by atoms with E-state index in [9.17, 15) is 20.0 Å². The van der Waals surface area contributed by atoms with E-state index in [1.165, 1.54) is 18.2 Å². The third-order valence-electron chi connectivity index (χ3n) is 4.32. The molecule has 0 bridgehead atoms. The smallest absolute Gasteiger partial charge is 0.271 e. The van der Waals surface area contributed by atoms with Crippen LogP contribution >= 0.6 is 11.6 Å². The minimum Gasteiger partial charge on any atom is -0.508 e. The Morgan fingerprint density at radius 1 is 1.15 bits per heavy atom. The molecular weight excluding hydrogens is 374 g/mol. The maximum atomic E-state index is 12.3. The molecule has 1 fully saturated rings. The molecule has 8 nitrogen and oxygen atoms in total. The number of aromatic hydroxyl groups is 1. The molecule has 1 aliphatic rings. The number of rotatable bonds is 5. The van der Waals surface area contributed by atoms with E-state index in [2.05, 4.69) is 4.90 Å². The average molecular weight is 392 g/mol. The number of carbonyl (C=O) groups excluding carboxylic acids is 1. The van der Waals surface area contributed by atoms with Gasteiger partial charge in [0.25, 0.3) is 11.6 Å². The summed E-state index contributed by atoms with van der Waals surface area (Å²) < 4.78 is 5.42. The zero-order valence-electron chi connectivity index (χ0n) is 14.4. The second kappa shape index (κ2) is 8.13. The molecule has 0 unspecified atom stereocenters. The molecule has 27 heavy (non-hydrogen) atoms. The van der Waals surface area contributed by atoms with Gasteiger partial charge >= 0.3 is 0 Å². The molecule has 0 spiro atoms. The van der Waals surface area contributed by atoms with E-state index in [4.69, 9.17) is 16.3 Å². The van der Waals surface area contributed by atoms with Crippen LogP contribution in [0.3, 0.4) is 0 Å². The number of nitro groups is 1. The number of phenols is 1. The summed E-state index contributed by atoms with van der Waals surface area (Å²) >= 11 is 5.96. The van der Waals surface area contributed by atoms with Crippen LogP contribution in [-0.2, 0) is 4.79 Å². The Labute approximate surface area is 160 Å². The summed E-state index contributed by atoms with van der Waals surface area (Å²) in [4.78, 5) is 26.3. The fourth-order valence-corrected chi connectivity index (χ4v) is 3.06. The van der Waals surface area contributed by atoms with Crippen molar-refractivity contribution in [3.8, 4) is 11.5 Å². The van der Waals surface area contributed by atoms with Gasteiger partial charge in [-0.05, 0) is 30.3 Å². The second-order valence-corrected chi connectivity index (χ2v) is 6.45. The molecule has 2 aromatic rings. The Bertz CT molecular complexity index is 835. The molecule has 2 aromatic carbocycles. The Morgan fingerprint density at radius 3 is 2.41 bits per heavy atom. The maximum Gasteiger partial charge on any atom is 0.271 e. The van der Waals surface area contributed by atoms with Crippen molar-refractivity contribution in [3.63, 3.8) is 0 Å². The average Bonchev–Trinajstić information content (AvgIpc) is 2.67. The summed E-state index contributed by atoms with van der Waals surface area (Å²) in [5.74, 6) is 0.280. The molecule has 0 aliphatic carbocycles. The summed E-state index contributed by atoms with van der Waals surface area (Å²) in [5.41, 5.74) is 0.859. The molecule has 1 aliphatic heterocycles. The number of hydrogen-bond donors (Lipinski definition) is 1. The number of nitro benzene ring substituents is 1. The maximum absolute atomic E-state index is 12.3. The Hall–Kier alpha value is -3.00. The Kier molecular flexibility index (Phi) is 5.66. The van der Waals surface area contributed by atoms with Crippen molar-refractivity contribution in [1.29, 1.82) is 0 Å². The zero-order chi connectivity index (χ0) is 19.4. The van der Waals surface area contributed by atoms with Gasteiger partial charge in [-0.1, -0.05) is 11.6 Å². The number of hydrogen-bond acceptors (Lipinski definition) is 6. The van der Waals surface area contributed by atoms with Crippen LogP contribution in [0.15, 0.2) is 42.5 Å². The number of carbonyl (C=O) groups is 1. The lowest BCUT2D eigenvalue weighted by Crippen LogP contribution is -2.50. The molecule has 0 saturated carbocycles. The molecule has 1 amide bonds. The molecule has 1 heterocycles. The van der Waals surface area contributed by atoms with Gasteiger partial charge in [0, 0.05) is 44.0 Å². The molecule has 0 atom stereocenters. The normalized spacial score (nSPS) is 14.1. The number of anilines is 1. The van der Waals surface area contributed by atoms with Crippen molar-refractivity contribution >= 4 is 28.9 Å². The van der Waals surface area contributed by atoms with E-state index in [1.54, 1.807) is 17.0 Å². The van der Waals surface area contributed by atoms with Gasteiger partial charge in [0.1, 0.15) is 11.5 Å². The molecule has 1 N–H and O–H groups in total. The van der Waals surface area contributed by atoms with Crippen molar-refractivity contribution in [2.75, 3.05) is 37.7 Å². The van der Waals surface area contributed by atoms with E-state index in [0.717, 1.165) is 5.69 Å². The van der Waals surface area contributed by atoms with Crippen molar-refractivity contribution < 1.29 is 19.6 Å². The fourth-order valence-electron chi connectivity index (χ4n) is 2.83. The van der Waals surface area contributed by atoms with Crippen molar-refractivity contribution in [3.05, 3.63) is 57.6 Å². The van der Waals surface area contributed by atoms with Crippen LogP contribution < -0.4 is 9.64 Å². The Balaban J connectivity index is 1.51. The van der Waals surface area contributed by atoms with Gasteiger partial charge in [0.15, 0.2) is 6.61 Å². The summed E-state index contributed by atoms with van der Waals surface area (Å²) in [6.45, 7) is 2.27. The largest absolute Gasteiger partial charge is 0.508 e. The molecule has 0 aromatic heterocycles. The number of phenolic OH excluding ortho intramolecular Hbond substituents is 1. The fraction of sp³-hybridized carbons (Fsp3) is 0.278. The van der Waals surface area contributed by atoms with Gasteiger partial charge in [-0.3, -0.25) is 14.9 Å². The van der Waals surface area contributed by atoms with E-state index < -0.39 is 4.92 Å². The van der Waals surface area contributed by atoms with Crippen LogP contribution in [0.5, 0.6) is 11.5 Å². The summed E-state index contributed by atoms with van der Waals surface area (Å²) in [6, 6.07) is 10.8. The van der Waals surface area contributed by atoms with Gasteiger partial charge in [-0.25, -0.2) is 0 Å². The molecular formula is C18H18ClN3O5. The van der Waals surface area contributed by atoms with E-state index >= 15 is 0 Å². The van der Waals surface area contributed by atoms with Gasteiger partial charge in [0.2, 0.25) is 0 Å². The first-order valence-corrected chi connectivity index (χ1v) is 8.70. The Morgan fingerprint density at radius 2 is 1.81 bits per heavy atom. The van der Waals surface area contributed by atoms with Crippen LogP contribution in [-0.4, -0.2) is 53.6 Å². The molecule has 142 valence electrons. The highest BCUT2D eigenvalue weighted by atomic mass is 35.5. The molecule has 9 heteroatoms. The lowest BCUT2D eigenvalue weighted by atomic mass is 10.2. The summed E-state index contributed by atoms with van der Waals surface area (Å²) in [7, 11) is 0. The SMILES string of the molecule is O=C(COc1ccc([N+](=O)[O-])cc1Cl)N1CCN(c2ccc(O)cc2)CC1. The van der Waals surface area contributed by atoms with Gasteiger partial charge in [0.05, 0.1) is 9.95 Å². The highest BCUT2D eigenvalue weighted by molar-refractivity contribution is 6.32. The minimum atomic E-state index is -0.547. The van der Waals surface area contributed by atoms with E-state index in [-0.39, 0.29) is 34.7 Å². The first kappa shape index (κ1) is 18.8. The quantitative estimate of drug-likeness (QED) is 0.621. The number of non-ortho nitro benzene ring substituents is 1. The van der Waals surface area contributed by atoms with Crippen LogP contribution in [0.25, 0.3) is 0 Å². The van der Waals surface area contributed by atoms with Crippen LogP contribution in [0.4, 0.5) is 11.4 Å². The number of amides is 1. The lowest BCUT2D eigenvalue weighted by molar-refractivity contribution is -0.384. The predicted molar refractivity (Wildman–Crippen MR) is 101 cm³/mol. The standard InChI is InChI=1S/C18H18ClN3O5/c19-16-11-14(22(25)26)3-6-17(16)27-12-18(24)21-9-7-20(8-10-21)13-1-4-15(23)5-2-13/h1-6,11,23H,7-10,12H2. The third kappa shape index (κ3) is 4.59. The highest BCUT2D eigenvalue weighted by Crippen LogP contribution is 2.28. The van der Waals surface area contributed by atoms with Crippen molar-refractivity contribution in [1.82, 2.24) is 4.90 Å². The van der Waals surface area contributed by atoms with E-state index in [1.807, 2.05) is 12.1 Å². The van der Waals surface area contributed by atoms with Crippen LogP contribution in [0, 0.1) is 10.1 Å². The minimum absolute atomic E-state index is 0.0918. The van der Waals surface area contributed by atoms with Crippen molar-refractivity contribution in [2.45, 2.75) is 0 Å². The van der Waals surface area contributed by atoms with Gasteiger partial charge in [-0.15, -0.1) is 0 Å². The van der Waals surface area contributed by atoms with Crippen LogP contribution in [0.2, 0.25) is 5.02 Å². The number of ether oxygens (including phenoxy) is 1. The number of piperazine rings is 1. The highest BCUT2D eigenvalue weighted by Gasteiger charge is 2.22. The van der Waals surface area contributed by atoms with Crippen molar-refractivity contribution in [2.24, 2.45) is 0 Å². The second-order valence-electron chi connectivity index (χ2n) is 6.04. The summed E-state index contributed by atoms with van der Waals surface area (Å²) in [5, 5.41) is 20.2. The molecule has 3 rings (SSSR count). The number of benzene rings is 2. The molecule has 0 radical (unpaired) electrons. The van der Waals surface area contributed by atoms with E-state index in [0.29, 0.717) is 26.2 Å². The first-order chi connectivity index (χ1) is 12.9. The van der Waals surface area contributed by atoms with Crippen LogP contribution in [0.1, 0.15) is 0 Å². The first-order valence-electron chi connectivity index (χ1n) is 8.32. The zero-order valence-corrected chi connectivity index (χ0v) is 15.1. The predicted octanol–water partition coefficient (Wildman–Crippen LogP) is 2.68. The number of halogens is 1. The third-order valence-corrected chi connectivity index (χ3v) is 4.62. The monoisotopic (exact) mass is 391 g/mol. The molecule has 1 saturated heterocycles. The lowest BCUT2D eigenvalue weighted by Gasteiger charge is -2.36.